The first-order valence-corrected chi connectivity index (χ1v) is 7.99. The van der Waals surface area contributed by atoms with E-state index in [4.69, 9.17) is 4.74 Å². The molecule has 118 valence electrons. The number of benzene rings is 3. The van der Waals surface area contributed by atoms with E-state index in [0.29, 0.717) is 0 Å². The van der Waals surface area contributed by atoms with Gasteiger partial charge in [-0.2, -0.15) is 0 Å². The monoisotopic (exact) mass is 305 g/mol. The van der Waals surface area contributed by atoms with E-state index in [1.165, 1.54) is 16.3 Å². The van der Waals surface area contributed by atoms with Crippen LogP contribution in [0.25, 0.3) is 10.8 Å². The van der Waals surface area contributed by atoms with Crippen LogP contribution < -0.4 is 10.1 Å². The molecule has 1 atom stereocenters. The van der Waals surface area contributed by atoms with Crippen molar-refractivity contribution in [2.75, 3.05) is 12.4 Å². The molecule has 0 heterocycles. The Hall–Kier alpha value is -2.48. The van der Waals surface area contributed by atoms with E-state index in [2.05, 4.69) is 80.7 Å². The Morgan fingerprint density at radius 3 is 2.17 bits per heavy atom. The van der Waals surface area contributed by atoms with Gasteiger partial charge in [-0.1, -0.05) is 36.4 Å². The quantitative estimate of drug-likeness (QED) is 0.673. The van der Waals surface area contributed by atoms with Gasteiger partial charge in [0, 0.05) is 11.7 Å². The van der Waals surface area contributed by atoms with Gasteiger partial charge in [-0.25, -0.2) is 0 Å². The number of ether oxygens (including phenoxy) is 1. The Balaban J connectivity index is 1.86. The zero-order valence-corrected chi connectivity index (χ0v) is 14.2. The molecular formula is C21H23NO. The minimum Gasteiger partial charge on any atom is -0.496 e. The fourth-order valence-corrected chi connectivity index (χ4v) is 3.17. The van der Waals surface area contributed by atoms with E-state index in [0.717, 1.165) is 22.6 Å². The van der Waals surface area contributed by atoms with Crippen molar-refractivity contribution in [2.24, 2.45) is 0 Å². The van der Waals surface area contributed by atoms with Crippen molar-refractivity contribution in [2.45, 2.75) is 26.8 Å². The highest BCUT2D eigenvalue weighted by Crippen LogP contribution is 2.29. The summed E-state index contributed by atoms with van der Waals surface area (Å²) < 4.78 is 5.44. The lowest BCUT2D eigenvalue weighted by Gasteiger charge is -2.18. The number of anilines is 1. The first kappa shape index (κ1) is 15.4. The normalized spacial score (nSPS) is 12.2. The smallest absolute Gasteiger partial charge is 0.124 e. The average Bonchev–Trinajstić information content (AvgIpc) is 2.54. The SMILES string of the molecule is COc1c(C)cc(N[C@H](C)c2ccc3ccccc3c2)cc1C. The molecule has 3 rings (SSSR count). The highest BCUT2D eigenvalue weighted by atomic mass is 16.5. The van der Waals surface area contributed by atoms with Crippen LogP contribution in [0.3, 0.4) is 0 Å². The maximum Gasteiger partial charge on any atom is 0.124 e. The van der Waals surface area contributed by atoms with Crippen LogP contribution in [0, 0.1) is 13.8 Å². The molecule has 0 spiro atoms. The van der Waals surface area contributed by atoms with Gasteiger partial charge in [0.1, 0.15) is 5.75 Å². The summed E-state index contributed by atoms with van der Waals surface area (Å²) in [4.78, 5) is 0. The van der Waals surface area contributed by atoms with Crippen LogP contribution in [0.5, 0.6) is 5.75 Å². The molecule has 0 radical (unpaired) electrons. The van der Waals surface area contributed by atoms with Crippen molar-refractivity contribution in [1.82, 2.24) is 0 Å². The number of methoxy groups -OCH3 is 1. The highest BCUT2D eigenvalue weighted by molar-refractivity contribution is 5.83. The summed E-state index contributed by atoms with van der Waals surface area (Å²) in [7, 11) is 1.72. The van der Waals surface area contributed by atoms with Crippen molar-refractivity contribution in [3.63, 3.8) is 0 Å². The zero-order chi connectivity index (χ0) is 16.4. The lowest BCUT2D eigenvalue weighted by atomic mass is 10.0. The summed E-state index contributed by atoms with van der Waals surface area (Å²) in [5, 5.41) is 6.16. The largest absolute Gasteiger partial charge is 0.496 e. The Morgan fingerprint density at radius 1 is 0.870 bits per heavy atom. The lowest BCUT2D eigenvalue weighted by molar-refractivity contribution is 0.408. The summed E-state index contributed by atoms with van der Waals surface area (Å²) in [5.41, 5.74) is 4.72. The van der Waals surface area contributed by atoms with Gasteiger partial charge in [0.05, 0.1) is 7.11 Å². The average molecular weight is 305 g/mol. The van der Waals surface area contributed by atoms with Crippen LogP contribution in [0.4, 0.5) is 5.69 Å². The molecule has 2 heteroatoms. The van der Waals surface area contributed by atoms with Crippen LogP contribution in [0.15, 0.2) is 54.6 Å². The van der Waals surface area contributed by atoms with Gasteiger partial charge in [0.15, 0.2) is 0 Å². The molecule has 0 bridgehead atoms. The summed E-state index contributed by atoms with van der Waals surface area (Å²) in [6.07, 6.45) is 0. The third kappa shape index (κ3) is 3.16. The number of hydrogen-bond acceptors (Lipinski definition) is 2. The Morgan fingerprint density at radius 2 is 1.52 bits per heavy atom. The standard InChI is InChI=1S/C21H23NO/c1-14-11-20(12-15(2)21(14)23-4)22-16(3)18-10-9-17-7-5-6-8-19(17)13-18/h5-13,16,22H,1-4H3/t16-/m1/s1. The van der Waals surface area contributed by atoms with E-state index in [1.807, 2.05) is 0 Å². The van der Waals surface area contributed by atoms with Gasteiger partial charge in [-0.15, -0.1) is 0 Å². The minimum atomic E-state index is 0.242. The second-order valence-electron chi connectivity index (χ2n) is 6.12. The van der Waals surface area contributed by atoms with Crippen molar-refractivity contribution >= 4 is 16.5 Å². The van der Waals surface area contributed by atoms with Crippen LogP contribution in [-0.4, -0.2) is 7.11 Å². The molecule has 0 aliphatic rings. The van der Waals surface area contributed by atoms with E-state index < -0.39 is 0 Å². The van der Waals surface area contributed by atoms with Crippen molar-refractivity contribution in [3.05, 3.63) is 71.3 Å². The number of fused-ring (bicyclic) bond motifs is 1. The van der Waals surface area contributed by atoms with Crippen molar-refractivity contribution < 1.29 is 4.74 Å². The number of hydrogen-bond donors (Lipinski definition) is 1. The molecule has 0 aliphatic heterocycles. The molecule has 0 amide bonds. The Bertz CT molecular complexity index is 815. The molecule has 1 N–H and O–H groups in total. The summed E-state index contributed by atoms with van der Waals surface area (Å²) >= 11 is 0. The summed E-state index contributed by atoms with van der Waals surface area (Å²) in [5.74, 6) is 0.967. The fraction of sp³-hybridized carbons (Fsp3) is 0.238. The molecule has 3 aromatic carbocycles. The second-order valence-corrected chi connectivity index (χ2v) is 6.12. The van der Waals surface area contributed by atoms with Gasteiger partial charge in [0.2, 0.25) is 0 Å². The predicted octanol–water partition coefficient (Wildman–Crippen LogP) is 5.64. The van der Waals surface area contributed by atoms with E-state index in [-0.39, 0.29) is 6.04 Å². The summed E-state index contributed by atoms with van der Waals surface area (Å²) in [6.45, 7) is 6.36. The van der Waals surface area contributed by atoms with Crippen molar-refractivity contribution in [1.29, 1.82) is 0 Å². The van der Waals surface area contributed by atoms with E-state index >= 15 is 0 Å². The Kier molecular flexibility index (Phi) is 4.24. The van der Waals surface area contributed by atoms with E-state index in [9.17, 15) is 0 Å². The predicted molar refractivity (Wildman–Crippen MR) is 98.5 cm³/mol. The highest BCUT2D eigenvalue weighted by Gasteiger charge is 2.09. The van der Waals surface area contributed by atoms with Gasteiger partial charge in [0.25, 0.3) is 0 Å². The molecular weight excluding hydrogens is 282 g/mol. The number of aryl methyl sites for hydroxylation is 2. The number of rotatable bonds is 4. The van der Waals surface area contributed by atoms with Gasteiger partial charge >= 0.3 is 0 Å². The molecule has 0 aromatic heterocycles. The fourth-order valence-electron chi connectivity index (χ4n) is 3.17. The number of nitrogens with one attached hydrogen (secondary N) is 1. The zero-order valence-electron chi connectivity index (χ0n) is 14.2. The molecule has 2 nitrogen and oxygen atoms in total. The maximum absolute atomic E-state index is 5.44. The van der Waals surface area contributed by atoms with Crippen molar-refractivity contribution in [3.8, 4) is 5.75 Å². The molecule has 0 fully saturated rings. The minimum absolute atomic E-state index is 0.242. The molecule has 23 heavy (non-hydrogen) atoms. The maximum atomic E-state index is 5.44. The van der Waals surface area contributed by atoms with E-state index in [1.54, 1.807) is 7.11 Å². The van der Waals surface area contributed by atoms with Gasteiger partial charge < -0.3 is 10.1 Å². The molecule has 0 aliphatic carbocycles. The van der Waals surface area contributed by atoms with Crippen LogP contribution in [0.2, 0.25) is 0 Å². The van der Waals surface area contributed by atoms with Crippen LogP contribution >= 0.6 is 0 Å². The summed E-state index contributed by atoms with van der Waals surface area (Å²) in [6, 6.07) is 19.6. The van der Waals surface area contributed by atoms with Gasteiger partial charge in [-0.05, 0) is 66.4 Å². The van der Waals surface area contributed by atoms with Crippen LogP contribution in [0.1, 0.15) is 29.7 Å². The third-order valence-corrected chi connectivity index (χ3v) is 4.32. The topological polar surface area (TPSA) is 21.3 Å². The molecule has 0 saturated heterocycles. The second kappa shape index (κ2) is 6.33. The van der Waals surface area contributed by atoms with Gasteiger partial charge in [-0.3, -0.25) is 0 Å². The lowest BCUT2D eigenvalue weighted by Crippen LogP contribution is -2.07. The first-order valence-electron chi connectivity index (χ1n) is 7.99. The third-order valence-electron chi connectivity index (χ3n) is 4.32. The Labute approximate surface area is 138 Å². The molecule has 0 saturated carbocycles. The first-order chi connectivity index (χ1) is 11.1. The molecule has 0 unspecified atom stereocenters. The van der Waals surface area contributed by atoms with Crippen LogP contribution in [-0.2, 0) is 0 Å². The molecule has 3 aromatic rings.